The number of nitrogens with one attached hydrogen (secondary N) is 1. The maximum atomic E-state index is 4.11. The predicted molar refractivity (Wildman–Crippen MR) is 41.7 cm³/mol. The lowest BCUT2D eigenvalue weighted by molar-refractivity contribution is 0.618. The molecule has 0 fully saturated rings. The smallest absolute Gasteiger partial charge is 0.0383 e. The van der Waals surface area contributed by atoms with Gasteiger partial charge in [0.25, 0.3) is 0 Å². The Labute approximate surface area is 57.3 Å². The lowest BCUT2D eigenvalue weighted by atomic mass is 10.3. The van der Waals surface area contributed by atoms with Crippen LogP contribution < -0.4 is 5.43 Å². The summed E-state index contributed by atoms with van der Waals surface area (Å²) in [5.41, 5.74) is 4.14. The molecule has 0 heterocycles. The summed E-state index contributed by atoms with van der Waals surface area (Å²) >= 11 is 0. The van der Waals surface area contributed by atoms with Gasteiger partial charge in [-0.25, -0.2) is 0 Å². The highest BCUT2D eigenvalue weighted by atomic mass is 15.3. The van der Waals surface area contributed by atoms with E-state index >= 15 is 0 Å². The van der Waals surface area contributed by atoms with Crippen LogP contribution in [0.4, 0.5) is 0 Å². The minimum atomic E-state index is 0.450. The molecule has 1 N–H and O–H groups in total. The normalized spacial score (nSPS) is 12.3. The third-order valence-corrected chi connectivity index (χ3v) is 1.03. The Hall–Kier alpha value is -0.530. The Morgan fingerprint density at radius 1 is 1.56 bits per heavy atom. The van der Waals surface area contributed by atoms with Crippen molar-refractivity contribution in [3.63, 3.8) is 0 Å². The van der Waals surface area contributed by atoms with Crippen molar-refractivity contribution in [1.29, 1.82) is 0 Å². The second-order valence-corrected chi connectivity index (χ2v) is 2.48. The molecule has 9 heavy (non-hydrogen) atoms. The first-order chi connectivity index (χ1) is 4.16. The highest BCUT2D eigenvalue weighted by molar-refractivity contribution is 5.81. The van der Waals surface area contributed by atoms with Crippen molar-refractivity contribution in [3.05, 3.63) is 0 Å². The summed E-state index contributed by atoms with van der Waals surface area (Å²) in [7, 11) is 0. The fraction of sp³-hybridized carbons (Fsp3) is 0.857. The molecule has 0 rings (SSSR count). The molecule has 0 amide bonds. The van der Waals surface area contributed by atoms with Gasteiger partial charge in [-0.1, -0.05) is 6.92 Å². The largest absolute Gasteiger partial charge is 0.308 e. The van der Waals surface area contributed by atoms with E-state index in [1.165, 1.54) is 0 Å². The molecular formula is C7H16N2. The van der Waals surface area contributed by atoms with Crippen LogP contribution in [-0.4, -0.2) is 11.8 Å². The fourth-order valence-electron chi connectivity index (χ4n) is 0.318. The van der Waals surface area contributed by atoms with Crippen LogP contribution in [0, 0.1) is 0 Å². The van der Waals surface area contributed by atoms with E-state index in [0.717, 1.165) is 12.1 Å². The SMILES string of the molecule is CCC(C)=NNC(C)C. The van der Waals surface area contributed by atoms with Gasteiger partial charge in [-0.2, -0.15) is 5.10 Å². The summed E-state index contributed by atoms with van der Waals surface area (Å²) in [6, 6.07) is 0.450. The minimum absolute atomic E-state index is 0.450. The van der Waals surface area contributed by atoms with E-state index in [-0.39, 0.29) is 0 Å². The fourth-order valence-corrected chi connectivity index (χ4v) is 0.318. The van der Waals surface area contributed by atoms with E-state index in [2.05, 4.69) is 31.3 Å². The average molecular weight is 128 g/mol. The van der Waals surface area contributed by atoms with Crippen molar-refractivity contribution in [2.45, 2.75) is 40.2 Å². The summed E-state index contributed by atoms with van der Waals surface area (Å²) in [4.78, 5) is 0. The summed E-state index contributed by atoms with van der Waals surface area (Å²) in [5.74, 6) is 0. The Morgan fingerprint density at radius 2 is 2.11 bits per heavy atom. The van der Waals surface area contributed by atoms with E-state index in [1.807, 2.05) is 6.92 Å². The van der Waals surface area contributed by atoms with Gasteiger partial charge in [0, 0.05) is 11.8 Å². The standard InChI is InChI=1S/C7H16N2/c1-5-7(4)9-8-6(2)3/h6,8H,5H2,1-4H3. The van der Waals surface area contributed by atoms with Crippen LogP contribution in [0.25, 0.3) is 0 Å². The molecule has 54 valence electrons. The first kappa shape index (κ1) is 8.47. The molecular weight excluding hydrogens is 112 g/mol. The molecule has 0 aliphatic carbocycles. The van der Waals surface area contributed by atoms with Crippen molar-refractivity contribution >= 4 is 5.71 Å². The highest BCUT2D eigenvalue weighted by Crippen LogP contribution is 1.82. The van der Waals surface area contributed by atoms with E-state index in [0.29, 0.717) is 6.04 Å². The summed E-state index contributed by atoms with van der Waals surface area (Å²) in [6.45, 7) is 8.27. The monoisotopic (exact) mass is 128 g/mol. The Kier molecular flexibility index (Phi) is 4.10. The first-order valence-corrected chi connectivity index (χ1v) is 3.45. The molecule has 2 nitrogen and oxygen atoms in total. The van der Waals surface area contributed by atoms with Crippen LogP contribution >= 0.6 is 0 Å². The Bertz CT molecular complexity index is 95.1. The van der Waals surface area contributed by atoms with Crippen LogP contribution in [-0.2, 0) is 0 Å². The van der Waals surface area contributed by atoms with Crippen LogP contribution in [0.1, 0.15) is 34.1 Å². The molecule has 0 aromatic carbocycles. The lowest BCUT2D eigenvalue weighted by Gasteiger charge is -2.03. The van der Waals surface area contributed by atoms with Gasteiger partial charge in [-0.15, -0.1) is 0 Å². The van der Waals surface area contributed by atoms with E-state index in [4.69, 9.17) is 0 Å². The van der Waals surface area contributed by atoms with Crippen molar-refractivity contribution < 1.29 is 0 Å². The Morgan fingerprint density at radius 3 is 2.44 bits per heavy atom. The van der Waals surface area contributed by atoms with Gasteiger partial charge in [0.05, 0.1) is 0 Å². The Balaban J connectivity index is 3.43. The number of hydrogen-bond acceptors (Lipinski definition) is 2. The number of rotatable bonds is 3. The zero-order chi connectivity index (χ0) is 7.28. The van der Waals surface area contributed by atoms with E-state index in [9.17, 15) is 0 Å². The van der Waals surface area contributed by atoms with Gasteiger partial charge in [-0.05, 0) is 27.2 Å². The molecule has 0 saturated carbocycles. The molecule has 2 heteroatoms. The topological polar surface area (TPSA) is 24.4 Å². The molecule has 0 saturated heterocycles. The van der Waals surface area contributed by atoms with Crippen LogP contribution in [0.2, 0.25) is 0 Å². The average Bonchev–Trinajstić information content (AvgIpc) is 1.83. The predicted octanol–water partition coefficient (Wildman–Crippen LogP) is 1.77. The number of hydrazone groups is 1. The van der Waals surface area contributed by atoms with E-state index < -0.39 is 0 Å². The van der Waals surface area contributed by atoms with Crippen molar-refractivity contribution in [3.8, 4) is 0 Å². The number of nitrogens with zero attached hydrogens (tertiary/aromatic N) is 1. The van der Waals surface area contributed by atoms with Gasteiger partial charge in [0.1, 0.15) is 0 Å². The summed E-state index contributed by atoms with van der Waals surface area (Å²) in [6.07, 6.45) is 1.03. The third-order valence-electron chi connectivity index (χ3n) is 1.03. The van der Waals surface area contributed by atoms with Crippen LogP contribution in [0.3, 0.4) is 0 Å². The highest BCUT2D eigenvalue weighted by Gasteiger charge is 1.86. The van der Waals surface area contributed by atoms with E-state index in [1.54, 1.807) is 0 Å². The molecule has 0 aromatic rings. The molecule has 0 radical (unpaired) electrons. The molecule has 0 aromatic heterocycles. The molecule has 0 aliphatic heterocycles. The van der Waals surface area contributed by atoms with Gasteiger partial charge in [0.15, 0.2) is 0 Å². The molecule has 0 atom stereocenters. The van der Waals surface area contributed by atoms with Crippen LogP contribution in [0.15, 0.2) is 5.10 Å². The minimum Gasteiger partial charge on any atom is -0.308 e. The maximum absolute atomic E-state index is 4.11. The number of hydrogen-bond donors (Lipinski definition) is 1. The van der Waals surface area contributed by atoms with Crippen molar-refractivity contribution in [1.82, 2.24) is 5.43 Å². The van der Waals surface area contributed by atoms with Crippen molar-refractivity contribution in [2.75, 3.05) is 0 Å². The third kappa shape index (κ3) is 5.34. The quantitative estimate of drug-likeness (QED) is 0.454. The summed E-state index contributed by atoms with van der Waals surface area (Å²) < 4.78 is 0. The molecule has 0 bridgehead atoms. The van der Waals surface area contributed by atoms with Gasteiger partial charge in [-0.3, -0.25) is 0 Å². The molecule has 0 spiro atoms. The second kappa shape index (κ2) is 4.36. The van der Waals surface area contributed by atoms with Crippen LogP contribution in [0.5, 0.6) is 0 Å². The molecule has 0 aliphatic rings. The zero-order valence-corrected chi connectivity index (χ0v) is 6.73. The van der Waals surface area contributed by atoms with Gasteiger partial charge in [0.2, 0.25) is 0 Å². The van der Waals surface area contributed by atoms with Gasteiger partial charge >= 0.3 is 0 Å². The molecule has 0 unspecified atom stereocenters. The second-order valence-electron chi connectivity index (χ2n) is 2.48. The lowest BCUT2D eigenvalue weighted by Crippen LogP contribution is -2.17. The maximum Gasteiger partial charge on any atom is 0.0383 e. The first-order valence-electron chi connectivity index (χ1n) is 3.45. The zero-order valence-electron chi connectivity index (χ0n) is 6.73. The van der Waals surface area contributed by atoms with Crippen molar-refractivity contribution in [2.24, 2.45) is 5.10 Å². The summed E-state index contributed by atoms with van der Waals surface area (Å²) in [5, 5.41) is 4.11. The van der Waals surface area contributed by atoms with Gasteiger partial charge < -0.3 is 5.43 Å².